The minimum atomic E-state index is -3.11. The van der Waals surface area contributed by atoms with Crippen molar-refractivity contribution in [2.24, 2.45) is 17.8 Å². The van der Waals surface area contributed by atoms with Gasteiger partial charge in [0.05, 0.1) is 12.0 Å². The smallest absolute Gasteiger partial charge is 0.255 e. The summed E-state index contributed by atoms with van der Waals surface area (Å²) in [6, 6.07) is 4.89. The Hall–Kier alpha value is -2.93. The highest BCUT2D eigenvalue weighted by Crippen LogP contribution is 2.49. The molecule has 6 atom stereocenters. The monoisotopic (exact) mass is 549 g/mol. The molecule has 2 bridgehead atoms. The highest BCUT2D eigenvalue weighted by Gasteiger charge is 2.61. The van der Waals surface area contributed by atoms with Crippen LogP contribution in [0.1, 0.15) is 52.4 Å². The van der Waals surface area contributed by atoms with E-state index in [4.69, 9.17) is 11.6 Å². The van der Waals surface area contributed by atoms with E-state index >= 15 is 8.78 Å². The molecular formula is C27H34ClF2N5O3. The zero-order valence-corrected chi connectivity index (χ0v) is 22.3. The number of anilines is 1. The summed E-state index contributed by atoms with van der Waals surface area (Å²) in [6.07, 6.45) is 1.04. The van der Waals surface area contributed by atoms with Crippen LogP contribution in [0, 0.1) is 29.1 Å². The summed E-state index contributed by atoms with van der Waals surface area (Å²) < 4.78 is 30.2. The Morgan fingerprint density at radius 2 is 2.05 bits per heavy atom. The summed E-state index contributed by atoms with van der Waals surface area (Å²) in [5, 5.41) is 18.6. The Kier molecular flexibility index (Phi) is 8.46. The average Bonchev–Trinajstić information content (AvgIpc) is 3.25. The standard InChI is InChI=1S/C27H34ClF2N5O3/c1-15(2)10-22(33-18-5-3-4-17(28)12-18)26(38)35-20-6-7-21(27(29,30)13-20)23(35)25(37)34-19(14-31)11-16-8-9-32-24(16)36/h3-5,12,15-16,19-23,33H,6-11,13H2,1-2H3,(H,32,36)(H,34,37)/t16-,19+,20+,21+,22+,23+/m1/s1. The van der Waals surface area contributed by atoms with Crippen molar-refractivity contribution in [1.29, 1.82) is 5.26 Å². The van der Waals surface area contributed by atoms with Crippen LogP contribution in [0.25, 0.3) is 0 Å². The predicted octanol–water partition coefficient (Wildman–Crippen LogP) is 3.72. The number of carbonyl (C=O) groups excluding carboxylic acids is 3. The van der Waals surface area contributed by atoms with Gasteiger partial charge in [0.15, 0.2) is 0 Å². The number of piperidine rings is 2. The van der Waals surface area contributed by atoms with Gasteiger partial charge in [-0.25, -0.2) is 8.78 Å². The number of carbonyl (C=O) groups is 3. The maximum atomic E-state index is 15.1. The Bertz CT molecular complexity index is 1110. The van der Waals surface area contributed by atoms with Crippen LogP contribution in [0.15, 0.2) is 24.3 Å². The number of rotatable bonds is 9. The summed E-state index contributed by atoms with van der Waals surface area (Å²) in [4.78, 5) is 40.9. The summed E-state index contributed by atoms with van der Waals surface area (Å²) in [5.74, 6) is -6.18. The summed E-state index contributed by atoms with van der Waals surface area (Å²) in [7, 11) is 0. The van der Waals surface area contributed by atoms with Crippen LogP contribution in [0.5, 0.6) is 0 Å². The normalized spacial score (nSPS) is 27.4. The highest BCUT2D eigenvalue weighted by molar-refractivity contribution is 6.30. The Morgan fingerprint density at radius 3 is 2.66 bits per heavy atom. The molecule has 3 saturated heterocycles. The second kappa shape index (κ2) is 11.4. The number of hydrogen-bond donors (Lipinski definition) is 3. The lowest BCUT2D eigenvalue weighted by Crippen LogP contribution is -2.70. The lowest BCUT2D eigenvalue weighted by Gasteiger charge is -2.54. The van der Waals surface area contributed by atoms with Gasteiger partial charge in [-0.1, -0.05) is 31.5 Å². The number of fused-ring (bicyclic) bond motifs is 3. The van der Waals surface area contributed by atoms with Crippen LogP contribution >= 0.6 is 11.6 Å². The van der Waals surface area contributed by atoms with Crippen molar-refractivity contribution in [3.63, 3.8) is 0 Å². The van der Waals surface area contributed by atoms with Crippen LogP contribution in [-0.2, 0) is 14.4 Å². The fourth-order valence-corrected chi connectivity index (χ4v) is 6.22. The molecule has 11 heteroatoms. The topological polar surface area (TPSA) is 114 Å². The zero-order chi connectivity index (χ0) is 27.6. The second-order valence-corrected chi connectivity index (χ2v) is 11.5. The van der Waals surface area contributed by atoms with Crippen LogP contribution in [-0.4, -0.2) is 59.3 Å². The number of nitrogens with one attached hydrogen (secondary N) is 3. The number of amides is 3. The van der Waals surface area contributed by atoms with E-state index in [1.54, 1.807) is 24.3 Å². The first-order valence-electron chi connectivity index (χ1n) is 13.2. The quantitative estimate of drug-likeness (QED) is 0.434. The molecular weight excluding hydrogens is 516 g/mol. The van der Waals surface area contributed by atoms with Gasteiger partial charge < -0.3 is 20.9 Å². The minimum absolute atomic E-state index is 0.0888. The number of alkyl halides is 2. The van der Waals surface area contributed by atoms with Gasteiger partial charge in [0.1, 0.15) is 18.1 Å². The van der Waals surface area contributed by atoms with Crippen molar-refractivity contribution in [2.45, 2.75) is 82.5 Å². The molecule has 1 aliphatic carbocycles. The molecule has 5 rings (SSSR count). The van der Waals surface area contributed by atoms with Crippen LogP contribution in [0.2, 0.25) is 5.02 Å². The van der Waals surface area contributed by atoms with Gasteiger partial charge in [-0.3, -0.25) is 14.4 Å². The van der Waals surface area contributed by atoms with Crippen LogP contribution < -0.4 is 16.0 Å². The van der Waals surface area contributed by atoms with E-state index in [0.29, 0.717) is 36.5 Å². The van der Waals surface area contributed by atoms with Crippen molar-refractivity contribution >= 4 is 35.0 Å². The predicted molar refractivity (Wildman–Crippen MR) is 138 cm³/mol. The van der Waals surface area contributed by atoms with Crippen molar-refractivity contribution in [1.82, 2.24) is 15.5 Å². The van der Waals surface area contributed by atoms with Gasteiger partial charge in [-0.15, -0.1) is 0 Å². The fraction of sp³-hybridized carbons (Fsp3) is 0.630. The molecule has 0 aromatic heterocycles. The molecule has 0 radical (unpaired) electrons. The Morgan fingerprint density at radius 1 is 1.29 bits per heavy atom. The molecule has 206 valence electrons. The van der Waals surface area contributed by atoms with Crippen molar-refractivity contribution in [2.75, 3.05) is 11.9 Å². The molecule has 0 spiro atoms. The maximum Gasteiger partial charge on any atom is 0.255 e. The van der Waals surface area contributed by atoms with E-state index in [9.17, 15) is 19.6 Å². The SMILES string of the molecule is CC(C)C[C@H](Nc1cccc(Cl)c1)C(=O)N1[C@H]2CC[C@@H]([C@H]1C(=O)N[C@H](C#N)C[C@H]1CCNC1=O)C(F)(F)C2. The summed E-state index contributed by atoms with van der Waals surface area (Å²) in [6.45, 7) is 4.40. The molecule has 1 saturated carbocycles. The molecule has 4 fully saturated rings. The first-order chi connectivity index (χ1) is 18.0. The maximum absolute atomic E-state index is 15.1. The number of nitriles is 1. The minimum Gasteiger partial charge on any atom is -0.374 e. The van der Waals surface area contributed by atoms with Gasteiger partial charge >= 0.3 is 0 Å². The molecule has 3 aliphatic heterocycles. The number of hydrogen-bond acceptors (Lipinski definition) is 5. The van der Waals surface area contributed by atoms with Crippen molar-refractivity contribution in [3.05, 3.63) is 29.3 Å². The number of nitrogens with zero attached hydrogens (tertiary/aromatic N) is 2. The fourth-order valence-electron chi connectivity index (χ4n) is 6.03. The molecule has 1 aromatic carbocycles. The van der Waals surface area contributed by atoms with Gasteiger partial charge in [0.2, 0.25) is 17.7 Å². The summed E-state index contributed by atoms with van der Waals surface area (Å²) >= 11 is 6.12. The number of halogens is 3. The van der Waals surface area contributed by atoms with E-state index < -0.39 is 60.2 Å². The molecule has 1 aromatic rings. The third-order valence-corrected chi connectivity index (χ3v) is 8.02. The van der Waals surface area contributed by atoms with Gasteiger partial charge in [0, 0.05) is 35.6 Å². The molecule has 3 N–H and O–H groups in total. The second-order valence-electron chi connectivity index (χ2n) is 11.0. The van der Waals surface area contributed by atoms with Crippen molar-refractivity contribution < 1.29 is 23.2 Å². The Labute approximate surface area is 226 Å². The van der Waals surface area contributed by atoms with E-state index in [1.165, 1.54) is 4.90 Å². The first kappa shape index (κ1) is 28.1. The number of benzene rings is 1. The van der Waals surface area contributed by atoms with E-state index in [-0.39, 0.29) is 24.7 Å². The third-order valence-electron chi connectivity index (χ3n) is 7.78. The molecule has 38 heavy (non-hydrogen) atoms. The van der Waals surface area contributed by atoms with E-state index in [1.807, 2.05) is 19.9 Å². The lowest BCUT2D eigenvalue weighted by atomic mass is 9.71. The van der Waals surface area contributed by atoms with Gasteiger partial charge in [-0.05, 0) is 56.2 Å². The first-order valence-corrected chi connectivity index (χ1v) is 13.6. The average molecular weight is 550 g/mol. The zero-order valence-electron chi connectivity index (χ0n) is 21.6. The van der Waals surface area contributed by atoms with Gasteiger partial charge in [0.25, 0.3) is 5.92 Å². The molecule has 3 amide bonds. The molecule has 8 nitrogen and oxygen atoms in total. The third kappa shape index (κ3) is 6.04. The van der Waals surface area contributed by atoms with Crippen molar-refractivity contribution in [3.8, 4) is 6.07 Å². The van der Waals surface area contributed by atoms with Crippen LogP contribution in [0.4, 0.5) is 14.5 Å². The van der Waals surface area contributed by atoms with Gasteiger partial charge in [-0.2, -0.15) is 5.26 Å². The molecule has 3 heterocycles. The molecule has 4 aliphatic rings. The van der Waals surface area contributed by atoms with Crippen LogP contribution in [0.3, 0.4) is 0 Å². The van der Waals surface area contributed by atoms with E-state index in [2.05, 4.69) is 16.0 Å². The van der Waals surface area contributed by atoms with E-state index in [0.717, 1.165) is 0 Å². The largest absolute Gasteiger partial charge is 0.374 e. The Balaban J connectivity index is 1.59. The summed E-state index contributed by atoms with van der Waals surface area (Å²) in [5.41, 5.74) is 0.615. The highest BCUT2D eigenvalue weighted by atomic mass is 35.5. The lowest BCUT2D eigenvalue weighted by molar-refractivity contribution is -0.194. The molecule has 0 unspecified atom stereocenters.